The number of aliphatic imine (C=N–C) groups is 2. The average Bonchev–Trinajstić information content (AvgIpc) is 2.72. The number of fused-ring (bicyclic) bond motifs is 1. The Morgan fingerprint density at radius 2 is 1.97 bits per heavy atom. The highest BCUT2D eigenvalue weighted by Crippen LogP contribution is 2.35. The van der Waals surface area contributed by atoms with E-state index in [0.717, 1.165) is 28.6 Å². The molecule has 32 heavy (non-hydrogen) atoms. The SMILES string of the molecule is C=C(/N=C(\N=C(/C)Cl)NC1=CCCC(O)=C1)Nc1ccc2ccccc2c1OCC(C)C. The van der Waals surface area contributed by atoms with Crippen molar-refractivity contribution in [1.29, 1.82) is 0 Å². The Labute approximate surface area is 194 Å². The number of guanidine groups is 1. The Kier molecular flexibility index (Phi) is 7.95. The van der Waals surface area contributed by atoms with Crippen LogP contribution >= 0.6 is 11.6 Å². The van der Waals surface area contributed by atoms with Crippen LogP contribution in [0, 0.1) is 5.92 Å². The standard InChI is InChI=1S/C25H29ClN4O2/c1-16(2)15-32-24-22-11-6-5-8-19(22)12-13-23(24)28-18(4)29-25(27-17(3)26)30-20-9-7-10-21(31)14-20/h5-6,8-9,11-14,16,28,31H,4,7,10,15H2,1-3H3,(H,29,30)/b27-17+. The van der Waals surface area contributed by atoms with Gasteiger partial charge in [-0.2, -0.15) is 4.99 Å². The molecule has 1 aliphatic rings. The van der Waals surface area contributed by atoms with Crippen LogP contribution in [0.15, 0.2) is 82.4 Å². The molecule has 0 amide bonds. The van der Waals surface area contributed by atoms with Gasteiger partial charge in [-0.05, 0) is 36.8 Å². The molecule has 0 unspecified atom stereocenters. The van der Waals surface area contributed by atoms with Gasteiger partial charge in [0.05, 0.1) is 18.1 Å². The van der Waals surface area contributed by atoms with Gasteiger partial charge in [-0.3, -0.25) is 0 Å². The van der Waals surface area contributed by atoms with E-state index in [1.165, 1.54) is 0 Å². The first-order valence-corrected chi connectivity index (χ1v) is 11.0. The maximum Gasteiger partial charge on any atom is 0.230 e. The van der Waals surface area contributed by atoms with E-state index in [1.54, 1.807) is 13.0 Å². The Balaban J connectivity index is 1.88. The van der Waals surface area contributed by atoms with Crippen LogP contribution in [0.1, 0.15) is 33.6 Å². The van der Waals surface area contributed by atoms with E-state index in [4.69, 9.17) is 16.3 Å². The van der Waals surface area contributed by atoms with Gasteiger partial charge in [-0.25, -0.2) is 4.99 Å². The second-order valence-electron chi connectivity index (χ2n) is 7.94. The van der Waals surface area contributed by atoms with Crippen LogP contribution in [0.5, 0.6) is 5.75 Å². The van der Waals surface area contributed by atoms with Crippen LogP contribution in [-0.2, 0) is 0 Å². The number of nitrogens with zero attached hydrogens (tertiary/aromatic N) is 2. The number of aliphatic hydroxyl groups is 1. The summed E-state index contributed by atoms with van der Waals surface area (Å²) in [7, 11) is 0. The molecule has 0 bridgehead atoms. The van der Waals surface area contributed by atoms with Gasteiger partial charge >= 0.3 is 0 Å². The van der Waals surface area contributed by atoms with Crippen molar-refractivity contribution in [2.24, 2.45) is 15.9 Å². The second kappa shape index (κ2) is 10.9. The molecule has 0 spiro atoms. The number of nitrogens with one attached hydrogen (secondary N) is 2. The van der Waals surface area contributed by atoms with Crippen molar-refractivity contribution in [2.75, 3.05) is 11.9 Å². The summed E-state index contributed by atoms with van der Waals surface area (Å²) in [6.07, 6.45) is 4.96. The predicted molar refractivity (Wildman–Crippen MR) is 135 cm³/mol. The van der Waals surface area contributed by atoms with Gasteiger partial charge in [0.1, 0.15) is 11.0 Å². The third-order valence-corrected chi connectivity index (χ3v) is 4.65. The Morgan fingerprint density at radius 1 is 1.19 bits per heavy atom. The molecule has 0 saturated carbocycles. The topological polar surface area (TPSA) is 78.2 Å². The maximum absolute atomic E-state index is 9.79. The molecule has 168 valence electrons. The fraction of sp³-hybridized carbons (Fsp3) is 0.280. The highest BCUT2D eigenvalue weighted by atomic mass is 35.5. The van der Waals surface area contributed by atoms with E-state index >= 15 is 0 Å². The summed E-state index contributed by atoms with van der Waals surface area (Å²) in [5.41, 5.74) is 1.46. The van der Waals surface area contributed by atoms with Crippen LogP contribution in [0.2, 0.25) is 0 Å². The lowest BCUT2D eigenvalue weighted by molar-refractivity contribution is 0.275. The van der Waals surface area contributed by atoms with E-state index in [1.807, 2.05) is 36.4 Å². The van der Waals surface area contributed by atoms with Crippen LogP contribution < -0.4 is 15.4 Å². The third-order valence-electron chi connectivity index (χ3n) is 4.56. The predicted octanol–water partition coefficient (Wildman–Crippen LogP) is 6.48. The van der Waals surface area contributed by atoms with Crippen molar-refractivity contribution < 1.29 is 9.84 Å². The number of allylic oxidation sites excluding steroid dienone is 3. The highest BCUT2D eigenvalue weighted by molar-refractivity contribution is 6.65. The number of ether oxygens (including phenoxy) is 1. The Morgan fingerprint density at radius 3 is 2.69 bits per heavy atom. The monoisotopic (exact) mass is 452 g/mol. The van der Waals surface area contributed by atoms with Crippen molar-refractivity contribution >= 4 is 39.2 Å². The zero-order valence-electron chi connectivity index (χ0n) is 18.7. The van der Waals surface area contributed by atoms with Crippen LogP contribution in [0.3, 0.4) is 0 Å². The largest absolute Gasteiger partial charge is 0.512 e. The normalized spacial score (nSPS) is 14.8. The van der Waals surface area contributed by atoms with E-state index in [9.17, 15) is 5.11 Å². The molecule has 0 saturated heterocycles. The minimum atomic E-state index is 0.262. The number of halogens is 1. The van der Waals surface area contributed by atoms with E-state index in [2.05, 4.69) is 47.1 Å². The number of anilines is 1. The van der Waals surface area contributed by atoms with Gasteiger partial charge in [0.2, 0.25) is 5.96 Å². The van der Waals surface area contributed by atoms with Crippen molar-refractivity contribution in [1.82, 2.24) is 5.32 Å². The van der Waals surface area contributed by atoms with Crippen molar-refractivity contribution in [3.05, 3.63) is 72.4 Å². The van der Waals surface area contributed by atoms with Gasteiger partial charge in [0.15, 0.2) is 5.75 Å². The average molecular weight is 453 g/mol. The minimum Gasteiger partial charge on any atom is -0.512 e. The second-order valence-corrected chi connectivity index (χ2v) is 8.49. The quantitative estimate of drug-likeness (QED) is 0.332. The molecule has 2 aromatic rings. The van der Waals surface area contributed by atoms with Crippen molar-refractivity contribution in [2.45, 2.75) is 33.6 Å². The summed E-state index contributed by atoms with van der Waals surface area (Å²) in [5, 5.41) is 18.5. The molecule has 0 heterocycles. The number of hydrogen-bond donors (Lipinski definition) is 3. The smallest absolute Gasteiger partial charge is 0.230 e. The molecular formula is C25H29ClN4O2. The van der Waals surface area contributed by atoms with Crippen molar-refractivity contribution in [3.63, 3.8) is 0 Å². The zero-order valence-corrected chi connectivity index (χ0v) is 19.4. The molecular weight excluding hydrogens is 424 g/mol. The lowest BCUT2D eigenvalue weighted by atomic mass is 10.1. The Hall–Kier alpha value is -3.25. The molecule has 1 aliphatic carbocycles. The number of hydrogen-bond acceptors (Lipinski definition) is 4. The fourth-order valence-electron chi connectivity index (χ4n) is 3.19. The van der Waals surface area contributed by atoms with Gasteiger partial charge in [0.25, 0.3) is 0 Å². The van der Waals surface area contributed by atoms with Gasteiger partial charge in [0, 0.05) is 17.5 Å². The third kappa shape index (κ3) is 6.62. The molecule has 3 N–H and O–H groups in total. The molecule has 6 nitrogen and oxygen atoms in total. The summed E-state index contributed by atoms with van der Waals surface area (Å²) < 4.78 is 6.15. The number of benzene rings is 2. The summed E-state index contributed by atoms with van der Waals surface area (Å²) in [6.45, 7) is 10.5. The fourth-order valence-corrected chi connectivity index (χ4v) is 3.27. The Bertz CT molecular complexity index is 1110. The first-order valence-electron chi connectivity index (χ1n) is 10.6. The van der Waals surface area contributed by atoms with Gasteiger partial charge < -0.3 is 20.5 Å². The van der Waals surface area contributed by atoms with Gasteiger partial charge in [-0.15, -0.1) is 0 Å². The molecule has 0 atom stereocenters. The summed E-state index contributed by atoms with van der Waals surface area (Å²) in [6, 6.07) is 12.0. The summed E-state index contributed by atoms with van der Waals surface area (Å²) in [5.74, 6) is 2.07. The molecule has 0 fully saturated rings. The minimum absolute atomic E-state index is 0.262. The van der Waals surface area contributed by atoms with Crippen LogP contribution in [0.4, 0.5) is 5.69 Å². The highest BCUT2D eigenvalue weighted by Gasteiger charge is 2.12. The molecule has 7 heteroatoms. The molecule has 3 rings (SSSR count). The summed E-state index contributed by atoms with van der Waals surface area (Å²) >= 11 is 6.00. The molecule has 0 aromatic heterocycles. The lowest BCUT2D eigenvalue weighted by Gasteiger charge is -2.17. The zero-order chi connectivity index (χ0) is 23.1. The van der Waals surface area contributed by atoms with Crippen LogP contribution in [-0.4, -0.2) is 22.8 Å². The molecule has 2 aromatic carbocycles. The first kappa shape index (κ1) is 23.4. The van der Waals surface area contributed by atoms with Crippen molar-refractivity contribution in [3.8, 4) is 5.75 Å². The lowest BCUT2D eigenvalue weighted by Crippen LogP contribution is -2.22. The van der Waals surface area contributed by atoms with E-state index in [0.29, 0.717) is 41.4 Å². The van der Waals surface area contributed by atoms with Gasteiger partial charge in [-0.1, -0.05) is 68.4 Å². The van der Waals surface area contributed by atoms with E-state index in [-0.39, 0.29) is 5.96 Å². The summed E-state index contributed by atoms with van der Waals surface area (Å²) in [4.78, 5) is 8.71. The number of rotatable bonds is 7. The van der Waals surface area contributed by atoms with E-state index < -0.39 is 0 Å². The molecule has 0 radical (unpaired) electrons. The first-order chi connectivity index (χ1) is 15.3. The van der Waals surface area contributed by atoms with Crippen LogP contribution in [0.25, 0.3) is 10.8 Å². The molecule has 0 aliphatic heterocycles. The number of aliphatic hydroxyl groups excluding tert-OH is 1. The maximum atomic E-state index is 9.79.